The molecule has 1 atom stereocenters. The normalized spacial score (nSPS) is 17.6. The molecule has 0 saturated carbocycles. The summed E-state index contributed by atoms with van der Waals surface area (Å²) in [6.07, 6.45) is 10.0. The van der Waals surface area contributed by atoms with Gasteiger partial charge in [0, 0.05) is 17.3 Å². The average Bonchev–Trinajstić information content (AvgIpc) is 2.69. The molecule has 18 heavy (non-hydrogen) atoms. The second-order valence-corrected chi connectivity index (χ2v) is 6.54. The van der Waals surface area contributed by atoms with Gasteiger partial charge < -0.3 is 5.32 Å². The number of rotatable bonds is 5. The van der Waals surface area contributed by atoms with Gasteiger partial charge in [0.15, 0.2) is 0 Å². The third kappa shape index (κ3) is 3.66. The molecule has 2 rings (SSSR count). The van der Waals surface area contributed by atoms with Crippen LogP contribution in [-0.4, -0.2) is 18.1 Å². The van der Waals surface area contributed by atoms with Crippen molar-refractivity contribution in [3.05, 3.63) is 27.2 Å². The van der Waals surface area contributed by atoms with Crippen molar-refractivity contribution < 1.29 is 0 Å². The largest absolute Gasteiger partial charge is 0.316 e. The van der Waals surface area contributed by atoms with E-state index in [0.717, 1.165) is 6.42 Å². The van der Waals surface area contributed by atoms with Crippen molar-refractivity contribution in [1.82, 2.24) is 10.3 Å². The quantitative estimate of drug-likeness (QED) is 0.819. The predicted molar refractivity (Wildman–Crippen MR) is 79.3 cm³/mol. The Morgan fingerprint density at radius 3 is 2.72 bits per heavy atom. The van der Waals surface area contributed by atoms with Crippen LogP contribution in [0.2, 0.25) is 0 Å². The monoisotopic (exact) mass is 264 g/mol. The fraction of sp³-hybridized carbons (Fsp3) is 0.667. The van der Waals surface area contributed by atoms with Crippen molar-refractivity contribution in [3.8, 4) is 0 Å². The number of aryl methyl sites for hydroxylation is 2. The van der Waals surface area contributed by atoms with Crippen LogP contribution in [0.1, 0.15) is 47.7 Å². The maximum Gasteiger partial charge on any atom is 0.0946 e. The number of aromatic nitrogens is 1. The van der Waals surface area contributed by atoms with Crippen molar-refractivity contribution in [2.75, 3.05) is 7.05 Å². The van der Waals surface area contributed by atoms with E-state index in [0.29, 0.717) is 6.04 Å². The van der Waals surface area contributed by atoms with Gasteiger partial charge in [-0.1, -0.05) is 11.6 Å². The van der Waals surface area contributed by atoms with Gasteiger partial charge in [-0.15, -0.1) is 11.3 Å². The van der Waals surface area contributed by atoms with Gasteiger partial charge in [0.1, 0.15) is 0 Å². The summed E-state index contributed by atoms with van der Waals surface area (Å²) in [5.41, 5.74) is 2.84. The molecule has 0 aromatic carbocycles. The Hall–Kier alpha value is -0.670. The van der Waals surface area contributed by atoms with Crippen LogP contribution >= 0.6 is 11.3 Å². The third-order valence-corrected chi connectivity index (χ3v) is 4.89. The second kappa shape index (κ2) is 6.48. The highest BCUT2D eigenvalue weighted by Crippen LogP contribution is 2.24. The SMILES string of the molecule is CNC(CC1=CCCCC1)Cc1nc(C)c(C)s1. The van der Waals surface area contributed by atoms with E-state index in [4.69, 9.17) is 0 Å². The zero-order chi connectivity index (χ0) is 13.0. The third-order valence-electron chi connectivity index (χ3n) is 3.80. The highest BCUT2D eigenvalue weighted by atomic mass is 32.1. The van der Waals surface area contributed by atoms with Crippen molar-refractivity contribution >= 4 is 11.3 Å². The Morgan fingerprint density at radius 1 is 1.33 bits per heavy atom. The average molecular weight is 264 g/mol. The summed E-state index contributed by atoms with van der Waals surface area (Å²) in [6.45, 7) is 4.27. The van der Waals surface area contributed by atoms with E-state index >= 15 is 0 Å². The van der Waals surface area contributed by atoms with Crippen LogP contribution in [0.5, 0.6) is 0 Å². The van der Waals surface area contributed by atoms with Crippen LogP contribution in [0.4, 0.5) is 0 Å². The molecule has 1 heterocycles. The number of likely N-dealkylation sites (N-methyl/N-ethyl adjacent to an activating group) is 1. The minimum absolute atomic E-state index is 0.541. The van der Waals surface area contributed by atoms with Gasteiger partial charge >= 0.3 is 0 Å². The van der Waals surface area contributed by atoms with Gasteiger partial charge in [0.05, 0.1) is 10.7 Å². The second-order valence-electron chi connectivity index (χ2n) is 5.25. The molecule has 0 spiro atoms. The van der Waals surface area contributed by atoms with E-state index in [1.165, 1.54) is 47.7 Å². The lowest BCUT2D eigenvalue weighted by molar-refractivity contribution is 0.531. The zero-order valence-corrected chi connectivity index (χ0v) is 12.6. The molecule has 1 aliphatic carbocycles. The fourth-order valence-electron chi connectivity index (χ4n) is 2.52. The molecule has 2 nitrogen and oxygen atoms in total. The van der Waals surface area contributed by atoms with E-state index in [9.17, 15) is 0 Å². The molecule has 1 N–H and O–H groups in total. The Balaban J connectivity index is 1.94. The van der Waals surface area contributed by atoms with Crippen molar-refractivity contribution in [3.63, 3.8) is 0 Å². The molecule has 0 radical (unpaired) electrons. The summed E-state index contributed by atoms with van der Waals surface area (Å²) in [7, 11) is 2.07. The minimum atomic E-state index is 0.541. The fourth-order valence-corrected chi connectivity index (χ4v) is 3.53. The molecule has 0 saturated heterocycles. The predicted octanol–water partition coefficient (Wildman–Crippen LogP) is 3.78. The molecule has 100 valence electrons. The Labute approximate surface area is 115 Å². The number of nitrogens with one attached hydrogen (secondary N) is 1. The van der Waals surface area contributed by atoms with E-state index in [1.807, 2.05) is 11.3 Å². The van der Waals surface area contributed by atoms with Crippen molar-refractivity contribution in [2.45, 2.75) is 58.4 Å². The zero-order valence-electron chi connectivity index (χ0n) is 11.8. The first-order valence-electron chi connectivity index (χ1n) is 6.97. The summed E-state index contributed by atoms with van der Waals surface area (Å²) in [5.74, 6) is 0. The molecule has 0 aliphatic heterocycles. The van der Waals surface area contributed by atoms with Crippen molar-refractivity contribution in [2.24, 2.45) is 0 Å². The first-order chi connectivity index (χ1) is 8.69. The molecule has 0 fully saturated rings. The van der Waals surface area contributed by atoms with Gasteiger partial charge in [-0.25, -0.2) is 4.98 Å². The lowest BCUT2D eigenvalue weighted by Crippen LogP contribution is -2.28. The van der Waals surface area contributed by atoms with E-state index in [2.05, 4.69) is 37.3 Å². The van der Waals surface area contributed by atoms with Crippen LogP contribution in [-0.2, 0) is 6.42 Å². The van der Waals surface area contributed by atoms with Crippen LogP contribution in [0.25, 0.3) is 0 Å². The Kier molecular flexibility index (Phi) is 4.95. The molecular weight excluding hydrogens is 240 g/mol. The molecule has 0 bridgehead atoms. The maximum atomic E-state index is 4.65. The smallest absolute Gasteiger partial charge is 0.0946 e. The van der Waals surface area contributed by atoms with Crippen LogP contribution in [0, 0.1) is 13.8 Å². The van der Waals surface area contributed by atoms with Gasteiger partial charge in [-0.3, -0.25) is 0 Å². The van der Waals surface area contributed by atoms with Gasteiger partial charge in [-0.05, 0) is 53.0 Å². The first-order valence-corrected chi connectivity index (χ1v) is 7.78. The molecule has 1 aromatic rings. The number of hydrogen-bond donors (Lipinski definition) is 1. The standard InChI is InChI=1S/C15H24N2S/c1-11-12(2)18-15(17-11)10-14(16-3)9-13-7-5-4-6-8-13/h7,14,16H,4-6,8-10H2,1-3H3. The Morgan fingerprint density at radius 2 is 2.17 bits per heavy atom. The lowest BCUT2D eigenvalue weighted by Gasteiger charge is -2.19. The van der Waals surface area contributed by atoms with Crippen LogP contribution in [0.3, 0.4) is 0 Å². The first kappa shape index (κ1) is 13.8. The molecule has 3 heteroatoms. The van der Waals surface area contributed by atoms with Crippen LogP contribution < -0.4 is 5.32 Å². The maximum absolute atomic E-state index is 4.65. The molecular formula is C15H24N2S. The van der Waals surface area contributed by atoms with E-state index in [1.54, 1.807) is 5.57 Å². The molecule has 0 amide bonds. The van der Waals surface area contributed by atoms with E-state index in [-0.39, 0.29) is 0 Å². The van der Waals surface area contributed by atoms with Gasteiger partial charge in [0.2, 0.25) is 0 Å². The number of nitrogens with zero attached hydrogens (tertiary/aromatic N) is 1. The van der Waals surface area contributed by atoms with Crippen molar-refractivity contribution in [1.29, 1.82) is 0 Å². The molecule has 1 unspecified atom stereocenters. The number of thiazole rings is 1. The summed E-state index contributed by atoms with van der Waals surface area (Å²) >= 11 is 1.85. The molecule has 1 aromatic heterocycles. The highest BCUT2D eigenvalue weighted by Gasteiger charge is 2.14. The summed E-state index contributed by atoms with van der Waals surface area (Å²) in [5, 5.41) is 4.73. The molecule has 1 aliphatic rings. The number of allylic oxidation sites excluding steroid dienone is 1. The van der Waals surface area contributed by atoms with E-state index < -0.39 is 0 Å². The van der Waals surface area contributed by atoms with Gasteiger partial charge in [0.25, 0.3) is 0 Å². The summed E-state index contributed by atoms with van der Waals surface area (Å²) < 4.78 is 0. The lowest BCUT2D eigenvalue weighted by atomic mass is 9.93. The highest BCUT2D eigenvalue weighted by molar-refractivity contribution is 7.11. The summed E-state index contributed by atoms with van der Waals surface area (Å²) in [6, 6.07) is 0.541. The van der Waals surface area contributed by atoms with Crippen LogP contribution in [0.15, 0.2) is 11.6 Å². The summed E-state index contributed by atoms with van der Waals surface area (Å²) in [4.78, 5) is 6.01. The minimum Gasteiger partial charge on any atom is -0.316 e. The topological polar surface area (TPSA) is 24.9 Å². The number of hydrogen-bond acceptors (Lipinski definition) is 3. The van der Waals surface area contributed by atoms with Gasteiger partial charge in [-0.2, -0.15) is 0 Å². The Bertz CT molecular complexity index is 401.